The van der Waals surface area contributed by atoms with Crippen LogP contribution in [0.15, 0.2) is 0 Å². The van der Waals surface area contributed by atoms with Crippen LogP contribution >= 0.6 is 0 Å². The molecule has 5 nitrogen and oxygen atoms in total. The fourth-order valence-corrected chi connectivity index (χ4v) is 3.45. The lowest BCUT2D eigenvalue weighted by Crippen LogP contribution is -2.58. The van der Waals surface area contributed by atoms with Gasteiger partial charge in [-0.1, -0.05) is 12.8 Å². The summed E-state index contributed by atoms with van der Waals surface area (Å²) >= 11 is 0. The fourth-order valence-electron chi connectivity index (χ4n) is 3.02. The van der Waals surface area contributed by atoms with E-state index in [0.29, 0.717) is 19.1 Å². The molecule has 1 aliphatic carbocycles. The molecule has 0 bridgehead atoms. The lowest BCUT2D eigenvalue weighted by Gasteiger charge is -2.43. The van der Waals surface area contributed by atoms with Gasteiger partial charge in [-0.15, -0.1) is 0 Å². The Morgan fingerprint density at radius 3 is 2.50 bits per heavy atom. The highest BCUT2D eigenvalue weighted by Crippen LogP contribution is 2.36. The van der Waals surface area contributed by atoms with Crippen molar-refractivity contribution in [2.45, 2.75) is 43.4 Å². The molecule has 0 spiro atoms. The summed E-state index contributed by atoms with van der Waals surface area (Å²) in [5.74, 6) is -2.12. The molecule has 0 N–H and O–H groups in total. The van der Waals surface area contributed by atoms with Crippen LogP contribution in [0.3, 0.4) is 0 Å². The number of likely N-dealkylation sites (tertiary alicyclic amines) is 1. The Balaban J connectivity index is 2.28. The average molecular weight is 309 g/mol. The number of sulfone groups is 1. The van der Waals surface area contributed by atoms with Gasteiger partial charge in [-0.3, -0.25) is 9.59 Å². The van der Waals surface area contributed by atoms with Crippen LogP contribution in [0.1, 0.15) is 32.1 Å². The maximum atomic E-state index is 13.7. The minimum absolute atomic E-state index is 0.0126. The van der Waals surface area contributed by atoms with Gasteiger partial charge in [-0.05, 0) is 12.8 Å². The fraction of sp³-hybridized carbons (Fsp3) is 0.833. The van der Waals surface area contributed by atoms with Gasteiger partial charge < -0.3 is 4.90 Å². The lowest BCUT2D eigenvalue weighted by atomic mass is 9.77. The first-order chi connectivity index (χ1) is 9.16. The molecule has 2 atom stereocenters. The van der Waals surface area contributed by atoms with E-state index < -0.39 is 33.0 Å². The highest BCUT2D eigenvalue weighted by molar-refractivity contribution is 7.92. The molecule has 114 valence electrons. The molecule has 1 amide bonds. The van der Waals surface area contributed by atoms with Crippen LogP contribution in [0.2, 0.25) is 0 Å². The monoisotopic (exact) mass is 309 g/mol. The summed E-state index contributed by atoms with van der Waals surface area (Å²) in [5.41, 5.74) is 0. The number of carbonyl (C=O) groups is 2. The Hall–Kier alpha value is -1.05. The lowest BCUT2D eigenvalue weighted by molar-refractivity contribution is -0.156. The molecule has 2 aliphatic rings. The van der Waals surface area contributed by atoms with Gasteiger partial charge >= 0.3 is 11.2 Å². The third-order valence-electron chi connectivity index (χ3n) is 4.12. The summed E-state index contributed by atoms with van der Waals surface area (Å²) < 4.78 is 49.6. The number of fused-ring (bicyclic) bond motifs is 1. The molecule has 2 rings (SSSR count). The topological polar surface area (TPSA) is 71.5 Å². The number of Topliss-reactive ketones (excluding diaryl/α,β-unsaturated/α-hetero) is 1. The molecule has 1 aliphatic heterocycles. The summed E-state index contributed by atoms with van der Waals surface area (Å²) in [4.78, 5) is 24.6. The van der Waals surface area contributed by atoms with E-state index in [0.717, 1.165) is 17.7 Å². The van der Waals surface area contributed by atoms with Gasteiger partial charge in [-0.25, -0.2) is 8.42 Å². The molecule has 1 saturated carbocycles. The zero-order chi connectivity index (χ0) is 15.1. The van der Waals surface area contributed by atoms with Crippen molar-refractivity contribution < 1.29 is 26.8 Å². The molecule has 8 heteroatoms. The molecule has 1 saturated heterocycles. The Labute approximate surface area is 116 Å². The van der Waals surface area contributed by atoms with Gasteiger partial charge in [0, 0.05) is 31.2 Å². The van der Waals surface area contributed by atoms with Crippen molar-refractivity contribution in [2.75, 3.05) is 12.8 Å². The second-order valence-corrected chi connectivity index (χ2v) is 7.52. The highest BCUT2D eigenvalue weighted by Gasteiger charge is 2.55. The number of ketones is 1. The van der Waals surface area contributed by atoms with Crippen LogP contribution in [-0.4, -0.2) is 49.1 Å². The summed E-state index contributed by atoms with van der Waals surface area (Å²) in [5, 5.41) is -4.42. The number of hydrogen-bond donors (Lipinski definition) is 0. The average Bonchev–Trinajstić information content (AvgIpc) is 2.37. The van der Waals surface area contributed by atoms with Crippen LogP contribution in [0, 0.1) is 5.92 Å². The first kappa shape index (κ1) is 15.3. The molecule has 2 fully saturated rings. The summed E-state index contributed by atoms with van der Waals surface area (Å²) in [6.07, 6.45) is 3.00. The first-order valence-electron chi connectivity index (χ1n) is 6.57. The minimum Gasteiger partial charge on any atom is -0.332 e. The number of carbonyl (C=O) groups excluding carboxylic acids is 2. The molecule has 0 radical (unpaired) electrons. The normalized spacial score (nSPS) is 28.1. The third kappa shape index (κ3) is 2.45. The van der Waals surface area contributed by atoms with Crippen LogP contribution in [0.4, 0.5) is 8.78 Å². The van der Waals surface area contributed by atoms with Gasteiger partial charge in [0.1, 0.15) is 5.78 Å². The van der Waals surface area contributed by atoms with E-state index in [2.05, 4.69) is 0 Å². The minimum atomic E-state index is -4.81. The van der Waals surface area contributed by atoms with Gasteiger partial charge in [0.15, 0.2) is 0 Å². The van der Waals surface area contributed by atoms with E-state index in [1.807, 2.05) is 0 Å². The van der Waals surface area contributed by atoms with Crippen molar-refractivity contribution in [2.24, 2.45) is 5.92 Å². The first-order valence-corrected chi connectivity index (χ1v) is 8.46. The largest absolute Gasteiger partial charge is 0.421 e. The smallest absolute Gasteiger partial charge is 0.332 e. The van der Waals surface area contributed by atoms with Crippen molar-refractivity contribution in [3.05, 3.63) is 0 Å². The molecule has 0 aromatic carbocycles. The predicted molar refractivity (Wildman–Crippen MR) is 66.9 cm³/mol. The Bertz CT molecular complexity index is 532. The second-order valence-electron chi connectivity index (χ2n) is 5.46. The summed E-state index contributed by atoms with van der Waals surface area (Å²) in [7, 11) is -4.81. The summed E-state index contributed by atoms with van der Waals surface area (Å²) in [6, 6.07) is -0.579. The Kier molecular flexibility index (Phi) is 3.88. The van der Waals surface area contributed by atoms with Crippen molar-refractivity contribution in [1.82, 2.24) is 4.90 Å². The number of piperidine rings is 1. The number of alkyl halides is 2. The highest BCUT2D eigenvalue weighted by atomic mass is 32.2. The number of nitrogens with zero attached hydrogens (tertiary/aromatic N) is 1. The predicted octanol–water partition coefficient (Wildman–Crippen LogP) is 0.984. The zero-order valence-corrected chi connectivity index (χ0v) is 12.0. The van der Waals surface area contributed by atoms with Gasteiger partial charge in [0.05, 0.1) is 0 Å². The van der Waals surface area contributed by atoms with E-state index in [1.165, 1.54) is 0 Å². The van der Waals surface area contributed by atoms with Crippen molar-refractivity contribution >= 4 is 21.5 Å². The van der Waals surface area contributed by atoms with Crippen molar-refractivity contribution in [3.63, 3.8) is 0 Å². The number of hydrogen-bond acceptors (Lipinski definition) is 4. The maximum absolute atomic E-state index is 13.7. The van der Waals surface area contributed by atoms with E-state index in [1.54, 1.807) is 0 Å². The van der Waals surface area contributed by atoms with E-state index in [-0.39, 0.29) is 18.7 Å². The van der Waals surface area contributed by atoms with Crippen molar-refractivity contribution in [3.8, 4) is 0 Å². The molecular weight excluding hydrogens is 292 g/mol. The van der Waals surface area contributed by atoms with Crippen LogP contribution in [0.25, 0.3) is 0 Å². The SMILES string of the molecule is CS(=O)(=O)C(F)(F)C(=O)N1CCC(=O)C2CCCCC21. The van der Waals surface area contributed by atoms with Crippen LogP contribution < -0.4 is 0 Å². The van der Waals surface area contributed by atoms with Crippen LogP contribution in [-0.2, 0) is 19.4 Å². The quantitative estimate of drug-likeness (QED) is 0.762. The molecule has 0 aromatic heterocycles. The molecule has 20 heavy (non-hydrogen) atoms. The number of amides is 1. The standard InChI is InChI=1S/C12H17F2NO4S/c1-20(18,19)12(13,14)11(17)15-7-6-10(16)8-4-2-3-5-9(8)15/h8-9H,2-7H2,1H3. The zero-order valence-electron chi connectivity index (χ0n) is 11.1. The maximum Gasteiger partial charge on any atom is 0.421 e. The third-order valence-corrected chi connectivity index (χ3v) is 5.22. The Morgan fingerprint density at radius 2 is 1.90 bits per heavy atom. The van der Waals surface area contributed by atoms with E-state index in [4.69, 9.17) is 0 Å². The van der Waals surface area contributed by atoms with Crippen molar-refractivity contribution in [1.29, 1.82) is 0 Å². The van der Waals surface area contributed by atoms with Gasteiger partial charge in [0.25, 0.3) is 0 Å². The second kappa shape index (κ2) is 5.05. The Morgan fingerprint density at radius 1 is 1.30 bits per heavy atom. The number of halogens is 2. The van der Waals surface area contributed by atoms with Crippen LogP contribution in [0.5, 0.6) is 0 Å². The molecular formula is C12H17F2NO4S. The summed E-state index contributed by atoms with van der Waals surface area (Å²) in [6.45, 7) is -0.121. The molecule has 0 aromatic rings. The van der Waals surface area contributed by atoms with E-state index in [9.17, 15) is 26.8 Å². The number of rotatable bonds is 2. The molecule has 2 unspecified atom stereocenters. The van der Waals surface area contributed by atoms with Gasteiger partial charge in [-0.2, -0.15) is 8.78 Å². The van der Waals surface area contributed by atoms with E-state index >= 15 is 0 Å². The van der Waals surface area contributed by atoms with Gasteiger partial charge in [0.2, 0.25) is 9.84 Å². The molecule has 1 heterocycles.